The molecule has 1 heterocycles. The Hall–Kier alpha value is -1.05. The molecule has 2 heteroatoms. The Morgan fingerprint density at radius 2 is 1.68 bits per heavy atom. The van der Waals surface area contributed by atoms with Crippen LogP contribution >= 0.6 is 0 Å². The van der Waals surface area contributed by atoms with Crippen LogP contribution in [0.2, 0.25) is 0 Å². The van der Waals surface area contributed by atoms with Crippen molar-refractivity contribution in [1.82, 2.24) is 4.98 Å². The third kappa shape index (κ3) is 7.38. The Bertz CT molecular complexity index is 477. The highest BCUT2D eigenvalue weighted by Crippen LogP contribution is 2.31. The summed E-state index contributed by atoms with van der Waals surface area (Å²) >= 11 is 0. The van der Waals surface area contributed by atoms with Gasteiger partial charge in [-0.1, -0.05) is 58.8 Å². The predicted octanol–water partition coefficient (Wildman–Crippen LogP) is 7.03. The molecule has 0 aromatic carbocycles. The number of aromatic nitrogens is 1. The van der Waals surface area contributed by atoms with E-state index in [1.165, 1.54) is 88.3 Å². The summed E-state index contributed by atoms with van der Waals surface area (Å²) < 4.78 is 6.24. The van der Waals surface area contributed by atoms with Crippen LogP contribution in [0.3, 0.4) is 0 Å². The van der Waals surface area contributed by atoms with Crippen LogP contribution < -0.4 is 4.74 Å². The summed E-state index contributed by atoms with van der Waals surface area (Å²) in [7, 11) is 0. The summed E-state index contributed by atoms with van der Waals surface area (Å²) in [5.41, 5.74) is 2.52. The number of ether oxygens (including phenoxy) is 1. The van der Waals surface area contributed by atoms with Crippen molar-refractivity contribution in [3.05, 3.63) is 23.5 Å². The van der Waals surface area contributed by atoms with Crippen LogP contribution in [0.15, 0.2) is 12.3 Å². The zero-order chi connectivity index (χ0) is 17.9. The molecule has 1 aliphatic carbocycles. The molecule has 1 saturated carbocycles. The maximum atomic E-state index is 6.24. The van der Waals surface area contributed by atoms with Gasteiger partial charge in [0.25, 0.3) is 0 Å². The second-order valence-electron chi connectivity index (χ2n) is 8.00. The first-order valence-corrected chi connectivity index (χ1v) is 10.8. The van der Waals surface area contributed by atoms with Crippen LogP contribution in [0, 0.1) is 12.8 Å². The minimum Gasteiger partial charge on any atom is -0.489 e. The van der Waals surface area contributed by atoms with Gasteiger partial charge in [-0.2, -0.15) is 0 Å². The van der Waals surface area contributed by atoms with Gasteiger partial charge in [0.15, 0.2) is 0 Å². The van der Waals surface area contributed by atoms with E-state index in [4.69, 9.17) is 4.74 Å². The number of aryl methyl sites for hydroxylation is 2. The Kier molecular flexibility index (Phi) is 9.36. The largest absolute Gasteiger partial charge is 0.489 e. The summed E-state index contributed by atoms with van der Waals surface area (Å²) in [5.74, 6) is 1.92. The normalized spacial score (nSPS) is 20.6. The lowest BCUT2D eigenvalue weighted by Crippen LogP contribution is -2.24. The molecule has 0 N–H and O–H groups in total. The molecule has 1 aromatic rings. The lowest BCUT2D eigenvalue weighted by atomic mass is 9.84. The molecule has 0 aliphatic heterocycles. The van der Waals surface area contributed by atoms with Gasteiger partial charge < -0.3 is 4.74 Å². The molecule has 1 aliphatic rings. The molecule has 0 atom stereocenters. The molecule has 142 valence electrons. The maximum Gasteiger partial charge on any atom is 0.138 e. The van der Waals surface area contributed by atoms with Gasteiger partial charge in [0.2, 0.25) is 0 Å². The molecular formula is C23H39NO. The molecule has 0 unspecified atom stereocenters. The first-order valence-electron chi connectivity index (χ1n) is 10.8. The molecule has 0 bridgehead atoms. The highest BCUT2D eigenvalue weighted by molar-refractivity contribution is 5.28. The van der Waals surface area contributed by atoms with Gasteiger partial charge >= 0.3 is 0 Å². The van der Waals surface area contributed by atoms with Gasteiger partial charge in [-0.3, -0.25) is 4.98 Å². The number of unbranched alkanes of at least 4 members (excludes halogenated alkanes) is 5. The molecule has 0 radical (unpaired) electrons. The van der Waals surface area contributed by atoms with E-state index in [1.807, 2.05) is 6.20 Å². The molecule has 1 aromatic heterocycles. The van der Waals surface area contributed by atoms with Crippen molar-refractivity contribution in [2.45, 2.75) is 110 Å². The molecule has 1 fully saturated rings. The minimum atomic E-state index is 0.402. The van der Waals surface area contributed by atoms with Crippen molar-refractivity contribution in [2.75, 3.05) is 0 Å². The van der Waals surface area contributed by atoms with E-state index in [0.717, 1.165) is 18.1 Å². The number of pyridine rings is 1. The van der Waals surface area contributed by atoms with Crippen LogP contribution in [0.4, 0.5) is 0 Å². The van der Waals surface area contributed by atoms with Crippen LogP contribution in [-0.4, -0.2) is 11.1 Å². The quantitative estimate of drug-likeness (QED) is 0.402. The molecule has 2 rings (SSSR count). The van der Waals surface area contributed by atoms with Crippen molar-refractivity contribution in [3.63, 3.8) is 0 Å². The summed E-state index contributed by atoms with van der Waals surface area (Å²) in [6, 6.07) is 2.19. The van der Waals surface area contributed by atoms with E-state index in [-0.39, 0.29) is 0 Å². The standard InChI is InChI=1S/C23H39NO/c1-4-6-8-9-10-11-20-13-15-21(16-14-20)25-22-17-19(3)23(24-18-22)12-7-5-2/h17-18,20-21H,4-16H2,1-3H3. The maximum absolute atomic E-state index is 6.24. The van der Waals surface area contributed by atoms with Crippen molar-refractivity contribution in [1.29, 1.82) is 0 Å². The van der Waals surface area contributed by atoms with Crippen LogP contribution in [0.25, 0.3) is 0 Å². The van der Waals surface area contributed by atoms with Crippen molar-refractivity contribution < 1.29 is 4.74 Å². The first kappa shape index (κ1) is 20.3. The van der Waals surface area contributed by atoms with Gasteiger partial charge in [-0.25, -0.2) is 0 Å². The van der Waals surface area contributed by atoms with Gasteiger partial charge in [0.05, 0.1) is 12.3 Å². The van der Waals surface area contributed by atoms with E-state index in [2.05, 4.69) is 31.8 Å². The lowest BCUT2D eigenvalue weighted by Gasteiger charge is -2.29. The van der Waals surface area contributed by atoms with Gasteiger partial charge in [-0.05, 0) is 63.0 Å². The summed E-state index contributed by atoms with van der Waals surface area (Å²) in [5, 5.41) is 0. The van der Waals surface area contributed by atoms with Crippen molar-refractivity contribution in [2.24, 2.45) is 5.92 Å². The number of nitrogens with zero attached hydrogens (tertiary/aromatic N) is 1. The van der Waals surface area contributed by atoms with Gasteiger partial charge in [0.1, 0.15) is 5.75 Å². The zero-order valence-electron chi connectivity index (χ0n) is 16.9. The van der Waals surface area contributed by atoms with Gasteiger partial charge in [-0.15, -0.1) is 0 Å². The lowest BCUT2D eigenvalue weighted by molar-refractivity contribution is 0.127. The van der Waals surface area contributed by atoms with Crippen LogP contribution in [0.1, 0.15) is 102 Å². The van der Waals surface area contributed by atoms with E-state index in [9.17, 15) is 0 Å². The molecule has 0 amide bonds. The van der Waals surface area contributed by atoms with E-state index >= 15 is 0 Å². The highest BCUT2D eigenvalue weighted by atomic mass is 16.5. The van der Waals surface area contributed by atoms with Crippen molar-refractivity contribution in [3.8, 4) is 5.75 Å². The fourth-order valence-corrected chi connectivity index (χ4v) is 4.02. The van der Waals surface area contributed by atoms with E-state index < -0.39 is 0 Å². The molecule has 0 spiro atoms. The molecular weight excluding hydrogens is 306 g/mol. The number of hydrogen-bond acceptors (Lipinski definition) is 2. The Balaban J connectivity index is 1.68. The average Bonchev–Trinajstić information content (AvgIpc) is 2.62. The zero-order valence-corrected chi connectivity index (χ0v) is 16.9. The SMILES string of the molecule is CCCCCCCC1CCC(Oc2cnc(CCCC)c(C)c2)CC1. The first-order chi connectivity index (χ1) is 12.2. The number of rotatable bonds is 11. The Morgan fingerprint density at radius 1 is 0.960 bits per heavy atom. The Morgan fingerprint density at radius 3 is 2.36 bits per heavy atom. The highest BCUT2D eigenvalue weighted by Gasteiger charge is 2.22. The van der Waals surface area contributed by atoms with E-state index in [0.29, 0.717) is 6.10 Å². The molecule has 2 nitrogen and oxygen atoms in total. The number of hydrogen-bond donors (Lipinski definition) is 0. The van der Waals surface area contributed by atoms with Crippen LogP contribution in [0.5, 0.6) is 5.75 Å². The van der Waals surface area contributed by atoms with E-state index in [1.54, 1.807) is 0 Å². The average molecular weight is 346 g/mol. The summed E-state index contributed by atoms with van der Waals surface area (Å²) in [6.07, 6.45) is 19.5. The fourth-order valence-electron chi connectivity index (χ4n) is 4.02. The fraction of sp³-hybridized carbons (Fsp3) is 0.783. The molecule has 25 heavy (non-hydrogen) atoms. The van der Waals surface area contributed by atoms with Crippen molar-refractivity contribution >= 4 is 0 Å². The Labute approximate surface area is 155 Å². The van der Waals surface area contributed by atoms with Gasteiger partial charge in [0, 0.05) is 5.69 Å². The second-order valence-corrected chi connectivity index (χ2v) is 8.00. The monoisotopic (exact) mass is 345 g/mol. The molecule has 0 saturated heterocycles. The van der Waals surface area contributed by atoms with Crippen LogP contribution in [-0.2, 0) is 6.42 Å². The topological polar surface area (TPSA) is 22.1 Å². The third-order valence-corrected chi connectivity index (χ3v) is 5.74. The second kappa shape index (κ2) is 11.5. The smallest absolute Gasteiger partial charge is 0.138 e. The third-order valence-electron chi connectivity index (χ3n) is 5.74. The summed E-state index contributed by atoms with van der Waals surface area (Å²) in [4.78, 5) is 4.64. The summed E-state index contributed by atoms with van der Waals surface area (Å²) in [6.45, 7) is 6.69. The minimum absolute atomic E-state index is 0.402. The predicted molar refractivity (Wildman–Crippen MR) is 107 cm³/mol.